The highest BCUT2D eigenvalue weighted by Gasteiger charge is 2.56. The van der Waals surface area contributed by atoms with Crippen molar-refractivity contribution in [2.45, 2.75) is 44.6 Å². The zero-order valence-corrected chi connectivity index (χ0v) is 9.61. The summed E-state index contributed by atoms with van der Waals surface area (Å²) in [6.07, 6.45) is 6.60. The molecule has 0 saturated heterocycles. The molecule has 0 N–H and O–H groups in total. The van der Waals surface area contributed by atoms with E-state index in [1.165, 1.54) is 39.2 Å². The summed E-state index contributed by atoms with van der Waals surface area (Å²) in [5, 5.41) is 11.8. The summed E-state index contributed by atoms with van der Waals surface area (Å²) >= 11 is 0. The average molecular weight is 210 g/mol. The predicted molar refractivity (Wildman–Crippen MR) is 57.7 cm³/mol. The van der Waals surface area contributed by atoms with Crippen LogP contribution >= 0.6 is 0 Å². The third kappa shape index (κ3) is 1.44. The molecule has 4 bridgehead atoms. The molecule has 3 nitrogen and oxygen atoms in total. The van der Waals surface area contributed by atoms with Gasteiger partial charge in [-0.1, -0.05) is 0 Å². The molecule has 0 radical (unpaired) electrons. The molecule has 4 aliphatic carbocycles. The van der Waals surface area contributed by atoms with Crippen molar-refractivity contribution in [3.8, 4) is 0 Å². The maximum Gasteiger partial charge on any atom is 0.0915 e. The Morgan fingerprint density at radius 2 is 1.53 bits per heavy atom. The standard InChI is InChI=1S/C12H20NO2/c1-12(15-13(2)14)10-4-8-3-9(6-10)7-11(12)5-8/h8-11H,3-7H2,1-2H3/q-1. The van der Waals surface area contributed by atoms with Crippen LogP contribution in [0.5, 0.6) is 0 Å². The minimum absolute atomic E-state index is 0.163. The van der Waals surface area contributed by atoms with Crippen LogP contribution in [0.2, 0.25) is 0 Å². The van der Waals surface area contributed by atoms with Gasteiger partial charge >= 0.3 is 0 Å². The van der Waals surface area contributed by atoms with E-state index in [2.05, 4.69) is 6.92 Å². The molecular formula is C12H20NO2-. The highest BCUT2D eigenvalue weighted by molar-refractivity contribution is 5.05. The van der Waals surface area contributed by atoms with Crippen molar-refractivity contribution in [2.75, 3.05) is 7.05 Å². The van der Waals surface area contributed by atoms with Crippen LogP contribution in [0.15, 0.2) is 0 Å². The second kappa shape index (κ2) is 3.19. The summed E-state index contributed by atoms with van der Waals surface area (Å²) in [7, 11) is 1.47. The second-order valence-electron chi connectivity index (χ2n) is 6.02. The lowest BCUT2D eigenvalue weighted by Gasteiger charge is -2.60. The molecule has 15 heavy (non-hydrogen) atoms. The van der Waals surface area contributed by atoms with Crippen LogP contribution in [0.4, 0.5) is 0 Å². The Kier molecular flexibility index (Phi) is 2.14. The zero-order chi connectivity index (χ0) is 10.6. The van der Waals surface area contributed by atoms with E-state index in [1.54, 1.807) is 0 Å². The van der Waals surface area contributed by atoms with Gasteiger partial charge in [0.15, 0.2) is 0 Å². The van der Waals surface area contributed by atoms with Gasteiger partial charge in [0.05, 0.1) is 5.60 Å². The van der Waals surface area contributed by atoms with Gasteiger partial charge < -0.3 is 10.0 Å². The summed E-state index contributed by atoms with van der Waals surface area (Å²) < 4.78 is 0. The highest BCUT2D eigenvalue weighted by Crippen LogP contribution is 2.59. The number of nitrogens with zero attached hydrogens (tertiary/aromatic N) is 1. The molecule has 0 amide bonds. The summed E-state index contributed by atoms with van der Waals surface area (Å²) in [5.74, 6) is 3.12. The summed E-state index contributed by atoms with van der Waals surface area (Å²) in [4.78, 5) is 5.59. The number of hydrogen-bond acceptors (Lipinski definition) is 3. The van der Waals surface area contributed by atoms with Crippen LogP contribution in [-0.4, -0.2) is 17.9 Å². The molecule has 4 rings (SSSR count). The van der Waals surface area contributed by atoms with Gasteiger partial charge in [0.25, 0.3) is 0 Å². The van der Waals surface area contributed by atoms with Crippen LogP contribution in [0.25, 0.3) is 0 Å². The summed E-state index contributed by atoms with van der Waals surface area (Å²) in [5.41, 5.74) is -0.163. The maximum atomic E-state index is 11.1. The van der Waals surface area contributed by atoms with E-state index in [-0.39, 0.29) is 5.60 Å². The molecule has 86 valence electrons. The lowest BCUT2D eigenvalue weighted by atomic mass is 9.50. The largest absolute Gasteiger partial charge is 0.762 e. The van der Waals surface area contributed by atoms with Gasteiger partial charge in [0.2, 0.25) is 0 Å². The van der Waals surface area contributed by atoms with E-state index < -0.39 is 0 Å². The Morgan fingerprint density at radius 1 is 1.07 bits per heavy atom. The number of hydroxylamine groups is 2. The van der Waals surface area contributed by atoms with Gasteiger partial charge in [-0.15, -0.1) is 0 Å². The number of rotatable bonds is 2. The normalized spacial score (nSPS) is 52.8. The molecular weight excluding hydrogens is 190 g/mol. The average Bonchev–Trinajstić information content (AvgIpc) is 2.12. The van der Waals surface area contributed by atoms with E-state index in [0.29, 0.717) is 17.1 Å². The first-order chi connectivity index (χ1) is 7.08. The first-order valence-corrected chi connectivity index (χ1v) is 6.18. The first kappa shape index (κ1) is 10.1. The quantitative estimate of drug-likeness (QED) is 0.657. The minimum Gasteiger partial charge on any atom is -0.762 e. The van der Waals surface area contributed by atoms with Crippen LogP contribution < -0.4 is 0 Å². The van der Waals surface area contributed by atoms with Crippen molar-refractivity contribution in [2.24, 2.45) is 23.7 Å². The fourth-order valence-corrected chi connectivity index (χ4v) is 4.55. The van der Waals surface area contributed by atoms with E-state index in [9.17, 15) is 5.21 Å². The van der Waals surface area contributed by atoms with Crippen molar-refractivity contribution in [3.05, 3.63) is 5.21 Å². The lowest BCUT2D eigenvalue weighted by molar-refractivity contribution is -0.283. The van der Waals surface area contributed by atoms with Crippen molar-refractivity contribution >= 4 is 0 Å². The Bertz CT molecular complexity index is 236. The van der Waals surface area contributed by atoms with E-state index >= 15 is 0 Å². The topological polar surface area (TPSA) is 35.5 Å². The maximum absolute atomic E-state index is 11.1. The smallest absolute Gasteiger partial charge is 0.0915 e. The highest BCUT2D eigenvalue weighted by atomic mass is 16.9. The van der Waals surface area contributed by atoms with Gasteiger partial charge in [-0.05, 0) is 69.7 Å². The van der Waals surface area contributed by atoms with Gasteiger partial charge in [-0.3, -0.25) is 5.23 Å². The van der Waals surface area contributed by atoms with Crippen LogP contribution in [0, 0.1) is 28.9 Å². The molecule has 0 atom stereocenters. The Balaban J connectivity index is 1.84. The molecule has 4 aliphatic rings. The molecule has 3 heteroatoms. The summed E-state index contributed by atoms with van der Waals surface area (Å²) in [6.45, 7) is 2.16. The molecule has 0 aromatic carbocycles. The molecule has 0 aliphatic heterocycles. The molecule has 0 unspecified atom stereocenters. The molecule has 0 heterocycles. The van der Waals surface area contributed by atoms with Crippen LogP contribution in [-0.2, 0) is 4.84 Å². The minimum atomic E-state index is -0.163. The Hall–Kier alpha value is -0.120. The monoisotopic (exact) mass is 210 g/mol. The number of hydrogen-bond donors (Lipinski definition) is 0. The van der Waals surface area contributed by atoms with Crippen molar-refractivity contribution in [1.82, 2.24) is 5.23 Å². The molecule has 0 spiro atoms. The van der Waals surface area contributed by atoms with Crippen molar-refractivity contribution in [1.29, 1.82) is 0 Å². The Labute approximate surface area is 91.3 Å². The third-order valence-corrected chi connectivity index (χ3v) is 5.08. The fraction of sp³-hybridized carbons (Fsp3) is 1.00. The first-order valence-electron chi connectivity index (χ1n) is 6.18. The fourth-order valence-electron chi connectivity index (χ4n) is 4.55. The van der Waals surface area contributed by atoms with E-state index in [4.69, 9.17) is 4.84 Å². The molecule has 0 aromatic heterocycles. The summed E-state index contributed by atoms with van der Waals surface area (Å²) in [6, 6.07) is 0. The van der Waals surface area contributed by atoms with Gasteiger partial charge in [0.1, 0.15) is 0 Å². The van der Waals surface area contributed by atoms with Crippen LogP contribution in [0.1, 0.15) is 39.0 Å². The Morgan fingerprint density at radius 3 is 1.93 bits per heavy atom. The van der Waals surface area contributed by atoms with E-state index in [0.717, 1.165) is 11.8 Å². The third-order valence-electron chi connectivity index (χ3n) is 5.08. The molecule has 0 aromatic rings. The van der Waals surface area contributed by atoms with Crippen molar-refractivity contribution < 1.29 is 4.84 Å². The lowest BCUT2D eigenvalue weighted by Crippen LogP contribution is -2.58. The van der Waals surface area contributed by atoms with E-state index in [1.807, 2.05) is 0 Å². The zero-order valence-electron chi connectivity index (χ0n) is 9.61. The SMILES string of the molecule is CN([O-])OC1(C)C2CC3CC(C2)CC1C3. The van der Waals surface area contributed by atoms with Crippen LogP contribution in [0.3, 0.4) is 0 Å². The second-order valence-corrected chi connectivity index (χ2v) is 6.02. The van der Waals surface area contributed by atoms with Gasteiger partial charge in [-0.25, -0.2) is 0 Å². The van der Waals surface area contributed by atoms with Gasteiger partial charge in [0, 0.05) is 0 Å². The predicted octanol–water partition coefficient (Wildman–Crippen LogP) is 2.56. The van der Waals surface area contributed by atoms with Crippen molar-refractivity contribution in [3.63, 3.8) is 0 Å². The molecule has 4 saturated carbocycles. The molecule has 4 fully saturated rings. The van der Waals surface area contributed by atoms with Gasteiger partial charge in [-0.2, -0.15) is 0 Å².